The Balaban J connectivity index is 2.30. The lowest BCUT2D eigenvalue weighted by Crippen LogP contribution is -2.58. The molecule has 7 heteroatoms. The van der Waals surface area contributed by atoms with E-state index in [2.05, 4.69) is 5.32 Å². The number of aliphatic hydroxyl groups excluding tert-OH is 1. The van der Waals surface area contributed by atoms with Crippen LogP contribution in [-0.4, -0.2) is 45.1 Å². The average Bonchev–Trinajstić information content (AvgIpc) is 2.85. The number of ether oxygens (including phenoxy) is 2. The third-order valence-electron chi connectivity index (χ3n) is 6.01. The molecule has 0 aliphatic carbocycles. The standard InChI is InChI=1S/C23H31NO5S/c1-5-10-21(25)23(6-2)15-30(26,27)20-14-19(29-4)18(28-3)13-17(20)22(24-23)16-11-8-7-9-12-16/h7-9,11-14,21-22,24-25H,5-6,10,15H2,1-4H3/t21?,22-,23-/m1/s1. The first-order chi connectivity index (χ1) is 14.3. The minimum absolute atomic E-state index is 0.191. The lowest BCUT2D eigenvalue weighted by atomic mass is 9.85. The maximum Gasteiger partial charge on any atom is 0.180 e. The second-order valence-corrected chi connectivity index (χ2v) is 9.76. The molecule has 164 valence electrons. The largest absolute Gasteiger partial charge is 0.493 e. The van der Waals surface area contributed by atoms with Gasteiger partial charge in [-0.2, -0.15) is 0 Å². The molecule has 6 nitrogen and oxygen atoms in total. The smallest absolute Gasteiger partial charge is 0.180 e. The van der Waals surface area contributed by atoms with Crippen molar-refractivity contribution >= 4 is 9.84 Å². The lowest BCUT2D eigenvalue weighted by Gasteiger charge is -2.39. The van der Waals surface area contributed by atoms with Gasteiger partial charge in [-0.15, -0.1) is 0 Å². The van der Waals surface area contributed by atoms with Crippen LogP contribution in [0.25, 0.3) is 0 Å². The Morgan fingerprint density at radius 1 is 1.13 bits per heavy atom. The fraction of sp³-hybridized carbons (Fsp3) is 0.478. The van der Waals surface area contributed by atoms with Gasteiger partial charge >= 0.3 is 0 Å². The third kappa shape index (κ3) is 4.06. The van der Waals surface area contributed by atoms with Crippen molar-refractivity contribution in [3.8, 4) is 11.5 Å². The molecule has 1 aliphatic heterocycles. The van der Waals surface area contributed by atoms with Crippen LogP contribution in [0.3, 0.4) is 0 Å². The van der Waals surface area contributed by atoms with Crippen LogP contribution in [0.15, 0.2) is 47.4 Å². The summed E-state index contributed by atoms with van der Waals surface area (Å²) in [7, 11) is -0.701. The summed E-state index contributed by atoms with van der Waals surface area (Å²) in [4.78, 5) is 0.209. The first kappa shape index (κ1) is 22.6. The van der Waals surface area contributed by atoms with Gasteiger partial charge in [-0.1, -0.05) is 50.6 Å². The maximum atomic E-state index is 13.6. The maximum absolute atomic E-state index is 13.6. The zero-order chi connectivity index (χ0) is 21.9. The van der Waals surface area contributed by atoms with Gasteiger partial charge in [-0.05, 0) is 30.0 Å². The van der Waals surface area contributed by atoms with Gasteiger partial charge in [0.25, 0.3) is 0 Å². The molecular weight excluding hydrogens is 402 g/mol. The molecule has 2 N–H and O–H groups in total. The summed E-state index contributed by atoms with van der Waals surface area (Å²) in [5.74, 6) is 0.640. The van der Waals surface area contributed by atoms with Crippen LogP contribution in [0.1, 0.15) is 50.3 Å². The van der Waals surface area contributed by atoms with E-state index >= 15 is 0 Å². The molecule has 0 radical (unpaired) electrons. The first-order valence-corrected chi connectivity index (χ1v) is 12.0. The van der Waals surface area contributed by atoms with Gasteiger partial charge < -0.3 is 14.6 Å². The van der Waals surface area contributed by atoms with E-state index in [1.807, 2.05) is 44.2 Å². The number of benzene rings is 2. The topological polar surface area (TPSA) is 84.9 Å². The van der Waals surface area contributed by atoms with Crippen molar-refractivity contribution in [3.63, 3.8) is 0 Å². The molecule has 1 heterocycles. The Morgan fingerprint density at radius 3 is 2.33 bits per heavy atom. The Morgan fingerprint density at radius 2 is 1.77 bits per heavy atom. The highest BCUT2D eigenvalue weighted by molar-refractivity contribution is 7.91. The number of hydrogen-bond acceptors (Lipinski definition) is 6. The van der Waals surface area contributed by atoms with E-state index in [0.29, 0.717) is 29.9 Å². The first-order valence-electron chi connectivity index (χ1n) is 10.3. The minimum atomic E-state index is -3.72. The van der Waals surface area contributed by atoms with Crippen LogP contribution in [0.5, 0.6) is 11.5 Å². The Kier molecular flexibility index (Phi) is 6.75. The SMILES string of the molecule is CCCC(O)[C@@]1(CC)CS(=O)(=O)c2cc(OC)c(OC)cc2[C@@H](c2ccccc2)N1. The highest BCUT2D eigenvalue weighted by Crippen LogP contribution is 2.42. The molecule has 0 amide bonds. The quantitative estimate of drug-likeness (QED) is 0.695. The summed E-state index contributed by atoms with van der Waals surface area (Å²) in [6, 6.07) is 12.5. The zero-order valence-electron chi connectivity index (χ0n) is 18.0. The second-order valence-electron chi connectivity index (χ2n) is 7.81. The third-order valence-corrected chi connectivity index (χ3v) is 7.92. The van der Waals surface area contributed by atoms with E-state index in [1.165, 1.54) is 14.2 Å². The number of fused-ring (bicyclic) bond motifs is 1. The molecule has 2 aromatic carbocycles. The number of methoxy groups -OCH3 is 2. The Labute approximate surface area is 179 Å². The normalized spacial score (nSPS) is 23.8. The molecule has 0 fully saturated rings. The molecule has 1 aliphatic rings. The van der Waals surface area contributed by atoms with Crippen molar-refractivity contribution in [2.24, 2.45) is 0 Å². The van der Waals surface area contributed by atoms with Crippen LogP contribution in [-0.2, 0) is 9.84 Å². The van der Waals surface area contributed by atoms with E-state index in [9.17, 15) is 13.5 Å². The monoisotopic (exact) mass is 433 g/mol. The van der Waals surface area contributed by atoms with E-state index in [0.717, 1.165) is 12.0 Å². The van der Waals surface area contributed by atoms with Crippen molar-refractivity contribution in [2.75, 3.05) is 20.0 Å². The van der Waals surface area contributed by atoms with E-state index < -0.39 is 27.5 Å². The number of rotatable bonds is 7. The molecule has 0 saturated heterocycles. The summed E-state index contributed by atoms with van der Waals surface area (Å²) in [5, 5.41) is 14.6. The van der Waals surface area contributed by atoms with Gasteiger partial charge in [-0.25, -0.2) is 8.42 Å². The van der Waals surface area contributed by atoms with Crippen molar-refractivity contribution in [3.05, 3.63) is 53.6 Å². The number of nitrogens with one attached hydrogen (secondary N) is 1. The fourth-order valence-corrected chi connectivity index (χ4v) is 6.42. The van der Waals surface area contributed by atoms with Crippen molar-refractivity contribution in [1.82, 2.24) is 5.32 Å². The fourth-order valence-electron chi connectivity index (χ4n) is 4.28. The van der Waals surface area contributed by atoms with Gasteiger partial charge in [0.15, 0.2) is 21.3 Å². The minimum Gasteiger partial charge on any atom is -0.493 e. The van der Waals surface area contributed by atoms with Crippen molar-refractivity contribution < 1.29 is 23.0 Å². The molecule has 0 saturated carbocycles. The summed E-state index contributed by atoms with van der Waals surface area (Å²) in [6.45, 7) is 3.90. The molecule has 0 bridgehead atoms. The summed E-state index contributed by atoms with van der Waals surface area (Å²) < 4.78 is 38.0. The van der Waals surface area contributed by atoms with Crippen molar-refractivity contribution in [2.45, 2.75) is 55.7 Å². The Hall–Kier alpha value is -2.09. The highest BCUT2D eigenvalue weighted by atomic mass is 32.2. The molecular formula is C23H31NO5S. The molecule has 1 unspecified atom stereocenters. The molecule has 0 spiro atoms. The molecule has 2 aromatic rings. The van der Waals surface area contributed by atoms with Gasteiger partial charge in [0.05, 0.1) is 42.6 Å². The van der Waals surface area contributed by atoms with Gasteiger partial charge in [0.2, 0.25) is 0 Å². The highest BCUT2D eigenvalue weighted by Gasteiger charge is 2.46. The van der Waals surface area contributed by atoms with Gasteiger partial charge in [-0.3, -0.25) is 5.32 Å². The van der Waals surface area contributed by atoms with Gasteiger partial charge in [0.1, 0.15) is 0 Å². The summed E-state index contributed by atoms with van der Waals surface area (Å²) >= 11 is 0. The predicted molar refractivity (Wildman–Crippen MR) is 117 cm³/mol. The van der Waals surface area contributed by atoms with Crippen LogP contribution in [0, 0.1) is 0 Å². The lowest BCUT2D eigenvalue weighted by molar-refractivity contribution is 0.0565. The van der Waals surface area contributed by atoms with E-state index in [-0.39, 0.29) is 10.6 Å². The summed E-state index contributed by atoms with van der Waals surface area (Å²) in [5.41, 5.74) is 0.539. The van der Waals surface area contributed by atoms with Crippen molar-refractivity contribution in [1.29, 1.82) is 0 Å². The number of sulfone groups is 1. The zero-order valence-corrected chi connectivity index (χ0v) is 18.8. The van der Waals surface area contributed by atoms with Gasteiger partial charge in [0, 0.05) is 6.07 Å². The van der Waals surface area contributed by atoms with Crippen LogP contribution in [0.2, 0.25) is 0 Å². The molecule has 3 atom stereocenters. The predicted octanol–water partition coefficient (Wildman–Crippen LogP) is 3.48. The second kappa shape index (κ2) is 8.96. The van der Waals surface area contributed by atoms with Crippen LogP contribution >= 0.6 is 0 Å². The molecule has 3 rings (SSSR count). The van der Waals surface area contributed by atoms with E-state index in [4.69, 9.17) is 9.47 Å². The molecule has 0 aromatic heterocycles. The molecule has 30 heavy (non-hydrogen) atoms. The average molecular weight is 434 g/mol. The number of hydrogen-bond donors (Lipinski definition) is 2. The number of aliphatic hydroxyl groups is 1. The Bertz CT molecular complexity index is 977. The van der Waals surface area contributed by atoms with E-state index in [1.54, 1.807) is 12.1 Å². The van der Waals surface area contributed by atoms with Crippen LogP contribution < -0.4 is 14.8 Å². The van der Waals surface area contributed by atoms with Crippen LogP contribution in [0.4, 0.5) is 0 Å². The summed E-state index contributed by atoms with van der Waals surface area (Å²) in [6.07, 6.45) is 0.946.